The van der Waals surface area contributed by atoms with E-state index in [1.807, 2.05) is 31.5 Å². The molecule has 1 atom stereocenters. The molecule has 0 radical (unpaired) electrons. The van der Waals surface area contributed by atoms with Gasteiger partial charge in [-0.05, 0) is 50.6 Å². The second-order valence-corrected chi connectivity index (χ2v) is 8.28. The summed E-state index contributed by atoms with van der Waals surface area (Å²) >= 11 is 1.75. The van der Waals surface area contributed by atoms with Crippen LogP contribution in [-0.2, 0) is 0 Å². The number of methoxy groups -OCH3 is 2. The average molecular weight is 421 g/mol. The predicted octanol–water partition coefficient (Wildman–Crippen LogP) is 5.56. The van der Waals surface area contributed by atoms with Crippen LogP contribution in [0.25, 0.3) is 21.3 Å². The van der Waals surface area contributed by atoms with Crippen molar-refractivity contribution in [2.24, 2.45) is 0 Å². The minimum Gasteiger partial charge on any atom is -0.493 e. The average Bonchev–Trinajstić information content (AvgIpc) is 3.23. The van der Waals surface area contributed by atoms with Gasteiger partial charge < -0.3 is 14.8 Å². The highest BCUT2D eigenvalue weighted by atomic mass is 32.1. The largest absolute Gasteiger partial charge is 0.493 e. The van der Waals surface area contributed by atoms with E-state index in [0.29, 0.717) is 17.3 Å². The first-order valence-corrected chi connectivity index (χ1v) is 10.5. The molecule has 0 aliphatic carbocycles. The summed E-state index contributed by atoms with van der Waals surface area (Å²) < 4.78 is 10.9. The highest BCUT2D eigenvalue weighted by Crippen LogP contribution is 2.36. The maximum absolute atomic E-state index is 5.47. The molecule has 7 heteroatoms. The van der Waals surface area contributed by atoms with Crippen molar-refractivity contribution in [3.63, 3.8) is 0 Å². The summed E-state index contributed by atoms with van der Waals surface area (Å²) in [4.78, 5) is 15.9. The smallest absolute Gasteiger partial charge is 0.162 e. The molecule has 0 saturated carbocycles. The predicted molar refractivity (Wildman–Crippen MR) is 122 cm³/mol. The Balaban J connectivity index is 1.67. The number of anilines is 1. The Kier molecular flexibility index (Phi) is 5.55. The van der Waals surface area contributed by atoms with Gasteiger partial charge >= 0.3 is 0 Å². The van der Waals surface area contributed by atoms with Crippen LogP contribution < -0.4 is 14.8 Å². The van der Waals surface area contributed by atoms with Crippen LogP contribution in [0, 0.1) is 13.8 Å². The monoisotopic (exact) mass is 420 g/mol. The van der Waals surface area contributed by atoms with E-state index in [0.717, 1.165) is 27.8 Å². The highest BCUT2D eigenvalue weighted by Gasteiger charge is 2.16. The molecule has 0 saturated heterocycles. The number of aromatic nitrogens is 3. The Morgan fingerprint density at radius 1 is 0.967 bits per heavy atom. The lowest BCUT2D eigenvalue weighted by Gasteiger charge is -2.16. The van der Waals surface area contributed by atoms with E-state index in [9.17, 15) is 0 Å². The molecule has 1 N–H and O–H groups in total. The molecule has 30 heavy (non-hydrogen) atoms. The Bertz CT molecular complexity index is 1210. The summed E-state index contributed by atoms with van der Waals surface area (Å²) in [7, 11) is 3.25. The summed E-state index contributed by atoms with van der Waals surface area (Å²) in [5.74, 6) is 2.77. The lowest BCUT2D eigenvalue weighted by atomic mass is 10.1. The quantitative estimate of drug-likeness (QED) is 0.440. The second-order valence-electron chi connectivity index (χ2n) is 7.16. The van der Waals surface area contributed by atoms with Crippen molar-refractivity contribution < 1.29 is 9.47 Å². The molecule has 0 aliphatic heterocycles. The molecule has 6 nitrogen and oxygen atoms in total. The van der Waals surface area contributed by atoms with Gasteiger partial charge in [-0.15, -0.1) is 11.3 Å². The molecular formula is C23H24N4O2S. The number of hydrogen-bond donors (Lipinski definition) is 1. The third-order valence-corrected chi connectivity index (χ3v) is 6.20. The van der Waals surface area contributed by atoms with Crippen molar-refractivity contribution >= 4 is 28.1 Å². The number of rotatable bonds is 6. The van der Waals surface area contributed by atoms with E-state index in [1.54, 1.807) is 25.6 Å². The Labute approximate surface area is 179 Å². The van der Waals surface area contributed by atoms with Gasteiger partial charge in [0.15, 0.2) is 11.5 Å². The SMILES string of the molecule is COc1cc2nc(C)nc(N[C@@H](C)c3ccc(-c4cncc(C)c4)s3)c2cc1OC. The van der Waals surface area contributed by atoms with Crippen LogP contribution in [0.3, 0.4) is 0 Å². The van der Waals surface area contributed by atoms with Crippen molar-refractivity contribution in [3.05, 3.63) is 59.0 Å². The van der Waals surface area contributed by atoms with Crippen molar-refractivity contribution in [1.82, 2.24) is 15.0 Å². The lowest BCUT2D eigenvalue weighted by molar-refractivity contribution is 0.356. The number of pyridine rings is 1. The summed E-state index contributed by atoms with van der Waals surface area (Å²) in [5.41, 5.74) is 3.10. The van der Waals surface area contributed by atoms with Crippen molar-refractivity contribution in [2.45, 2.75) is 26.8 Å². The summed E-state index contributed by atoms with van der Waals surface area (Å²) in [5, 5.41) is 4.45. The molecule has 0 unspecified atom stereocenters. The van der Waals surface area contributed by atoms with E-state index in [4.69, 9.17) is 9.47 Å². The standard InChI is InChI=1S/C23H24N4O2S/c1-13-8-16(12-24-11-13)22-7-6-21(30-22)14(2)25-23-17-9-19(28-4)20(29-5)10-18(17)26-15(3)27-23/h6-12,14H,1-5H3,(H,25,26,27)/t14-/m0/s1. The molecule has 154 valence electrons. The zero-order valence-corrected chi connectivity index (χ0v) is 18.5. The van der Waals surface area contributed by atoms with E-state index in [-0.39, 0.29) is 6.04 Å². The molecule has 0 amide bonds. The molecule has 0 fully saturated rings. The molecule has 0 bridgehead atoms. The summed E-state index contributed by atoms with van der Waals surface area (Å²) in [6.45, 7) is 6.08. The molecular weight excluding hydrogens is 396 g/mol. The van der Waals surface area contributed by atoms with Gasteiger partial charge in [-0.25, -0.2) is 9.97 Å². The molecule has 3 aromatic heterocycles. The van der Waals surface area contributed by atoms with E-state index in [1.165, 1.54) is 9.75 Å². The number of aryl methyl sites for hydroxylation is 2. The van der Waals surface area contributed by atoms with Crippen molar-refractivity contribution in [1.29, 1.82) is 0 Å². The van der Waals surface area contributed by atoms with Gasteiger partial charge in [0, 0.05) is 39.2 Å². The fraction of sp³-hybridized carbons (Fsp3) is 0.261. The van der Waals surface area contributed by atoms with Crippen LogP contribution in [0.15, 0.2) is 42.7 Å². The van der Waals surface area contributed by atoms with Crippen LogP contribution in [0.5, 0.6) is 11.5 Å². The molecule has 3 heterocycles. The Morgan fingerprint density at radius 3 is 2.47 bits per heavy atom. The first-order valence-electron chi connectivity index (χ1n) is 9.67. The zero-order chi connectivity index (χ0) is 21.3. The molecule has 0 aliphatic rings. The van der Waals surface area contributed by atoms with Gasteiger partial charge in [-0.1, -0.05) is 0 Å². The van der Waals surface area contributed by atoms with Gasteiger partial charge in [0.1, 0.15) is 11.6 Å². The number of nitrogens with one attached hydrogen (secondary N) is 1. The number of nitrogens with zero attached hydrogens (tertiary/aromatic N) is 3. The minimum absolute atomic E-state index is 0.0760. The normalized spacial score (nSPS) is 12.0. The van der Waals surface area contributed by atoms with E-state index < -0.39 is 0 Å². The molecule has 4 rings (SSSR count). The van der Waals surface area contributed by atoms with Crippen LogP contribution in [0.1, 0.15) is 29.2 Å². The highest BCUT2D eigenvalue weighted by molar-refractivity contribution is 7.15. The fourth-order valence-electron chi connectivity index (χ4n) is 3.39. The number of hydrogen-bond acceptors (Lipinski definition) is 7. The lowest BCUT2D eigenvalue weighted by Crippen LogP contribution is -2.08. The molecule has 4 aromatic rings. The summed E-state index contributed by atoms with van der Waals surface area (Å²) in [6.07, 6.45) is 3.77. The second kappa shape index (κ2) is 8.28. The number of ether oxygens (including phenoxy) is 2. The van der Waals surface area contributed by atoms with Crippen LogP contribution >= 0.6 is 11.3 Å². The maximum Gasteiger partial charge on any atom is 0.162 e. The Morgan fingerprint density at radius 2 is 1.73 bits per heavy atom. The first kappa shape index (κ1) is 20.1. The number of fused-ring (bicyclic) bond motifs is 1. The van der Waals surface area contributed by atoms with E-state index in [2.05, 4.69) is 52.3 Å². The maximum atomic E-state index is 5.47. The zero-order valence-electron chi connectivity index (χ0n) is 17.7. The minimum atomic E-state index is 0.0760. The van der Waals surface area contributed by atoms with Gasteiger partial charge in [-0.3, -0.25) is 4.98 Å². The van der Waals surface area contributed by atoms with Crippen molar-refractivity contribution in [3.8, 4) is 21.9 Å². The van der Waals surface area contributed by atoms with Crippen LogP contribution in [0.4, 0.5) is 5.82 Å². The van der Waals surface area contributed by atoms with Gasteiger partial charge in [0.05, 0.1) is 25.8 Å². The first-order chi connectivity index (χ1) is 14.5. The van der Waals surface area contributed by atoms with E-state index >= 15 is 0 Å². The number of thiophene rings is 1. The van der Waals surface area contributed by atoms with Crippen molar-refractivity contribution in [2.75, 3.05) is 19.5 Å². The third kappa shape index (κ3) is 3.93. The van der Waals surface area contributed by atoms with Gasteiger partial charge in [-0.2, -0.15) is 0 Å². The summed E-state index contributed by atoms with van der Waals surface area (Å²) in [6, 6.07) is 10.3. The van der Waals surface area contributed by atoms with Crippen LogP contribution in [-0.4, -0.2) is 29.2 Å². The van der Waals surface area contributed by atoms with Gasteiger partial charge in [0.25, 0.3) is 0 Å². The fourth-order valence-corrected chi connectivity index (χ4v) is 4.38. The Hall–Kier alpha value is -3.19. The molecule has 1 aromatic carbocycles. The number of benzene rings is 1. The van der Waals surface area contributed by atoms with Crippen LogP contribution in [0.2, 0.25) is 0 Å². The third-order valence-electron chi connectivity index (χ3n) is 4.88. The van der Waals surface area contributed by atoms with Gasteiger partial charge in [0.2, 0.25) is 0 Å². The molecule has 0 spiro atoms. The topological polar surface area (TPSA) is 69.2 Å².